The number of Topliss-reactive ketones (excluding diaryl/α,β-unsaturated/α-hetero) is 1. The molecular weight excluding hydrogens is 522 g/mol. The first-order valence-corrected chi connectivity index (χ1v) is 11.9. The van der Waals surface area contributed by atoms with E-state index >= 15 is 0 Å². The second kappa shape index (κ2) is 9.60. The number of hydrogen-bond donors (Lipinski definition) is 6. The number of aliphatic hydroxyl groups is 2. The molecule has 0 saturated carbocycles. The molecule has 0 spiro atoms. The Bertz CT molecular complexity index is 1350. The number of carbonyl (C=O) groups excluding carboxylic acids is 3. The zero-order valence-corrected chi connectivity index (χ0v) is 21.3. The van der Waals surface area contributed by atoms with Crippen LogP contribution in [0.25, 0.3) is 0 Å². The highest BCUT2D eigenvalue weighted by molar-refractivity contribution is 6.31. The number of benzene rings is 2. The third kappa shape index (κ3) is 4.06. The molecule has 6 atom stereocenters. The number of aromatic hydroxyl groups is 3. The number of phenols is 3. The van der Waals surface area contributed by atoms with Crippen LogP contribution < -0.4 is 5.73 Å². The van der Waals surface area contributed by atoms with Gasteiger partial charge in [0.1, 0.15) is 22.8 Å². The van der Waals surface area contributed by atoms with E-state index in [4.69, 9.17) is 15.2 Å². The Labute approximate surface area is 223 Å². The van der Waals surface area contributed by atoms with Crippen molar-refractivity contribution in [3.63, 3.8) is 0 Å². The lowest BCUT2D eigenvalue weighted by atomic mass is 9.72. The summed E-state index contributed by atoms with van der Waals surface area (Å²) >= 11 is 0. The van der Waals surface area contributed by atoms with E-state index in [1.807, 2.05) is 0 Å². The van der Waals surface area contributed by atoms with Crippen LogP contribution in [0.1, 0.15) is 75.8 Å². The van der Waals surface area contributed by atoms with Crippen molar-refractivity contribution in [3.8, 4) is 17.2 Å². The first-order chi connectivity index (χ1) is 17.4. The molecule has 0 radical (unpaired) electrons. The van der Waals surface area contributed by atoms with Gasteiger partial charge in [0.25, 0.3) is 0 Å². The number of ether oxygens (including phenoxy) is 2. The highest BCUT2D eigenvalue weighted by atomic mass is 35.5. The molecule has 12 heteroatoms. The number of halogens is 1. The van der Waals surface area contributed by atoms with E-state index in [9.17, 15) is 39.9 Å². The van der Waals surface area contributed by atoms with Gasteiger partial charge in [0, 0.05) is 42.0 Å². The lowest BCUT2D eigenvalue weighted by Crippen LogP contribution is -2.52. The maximum Gasteiger partial charge on any atom is 0.202 e. The minimum Gasteiger partial charge on any atom is -0.507 e. The highest BCUT2D eigenvalue weighted by Gasteiger charge is 2.49. The number of carbonyl (C=O) groups is 3. The van der Waals surface area contributed by atoms with Gasteiger partial charge >= 0.3 is 0 Å². The number of fused-ring (bicyclic) bond motifs is 3. The van der Waals surface area contributed by atoms with Crippen molar-refractivity contribution in [1.29, 1.82) is 0 Å². The topological polar surface area (TPSA) is 197 Å². The Hall–Kier alpha value is -3.06. The van der Waals surface area contributed by atoms with E-state index in [2.05, 4.69) is 0 Å². The van der Waals surface area contributed by atoms with Crippen molar-refractivity contribution in [2.45, 2.75) is 69.4 Å². The summed E-state index contributed by atoms with van der Waals surface area (Å²) in [4.78, 5) is 39.1. The number of ketones is 3. The molecule has 4 unspecified atom stereocenters. The average Bonchev–Trinajstić information content (AvgIpc) is 2.82. The van der Waals surface area contributed by atoms with Crippen molar-refractivity contribution >= 4 is 29.8 Å². The van der Waals surface area contributed by atoms with Crippen molar-refractivity contribution in [1.82, 2.24) is 0 Å². The van der Waals surface area contributed by atoms with Crippen molar-refractivity contribution in [3.05, 3.63) is 51.6 Å². The molecule has 3 aliphatic rings. The predicted octanol–water partition coefficient (Wildman–Crippen LogP) is 1.15. The fourth-order valence-corrected chi connectivity index (χ4v) is 5.50. The molecule has 38 heavy (non-hydrogen) atoms. The Morgan fingerprint density at radius 2 is 1.76 bits per heavy atom. The summed E-state index contributed by atoms with van der Waals surface area (Å²) in [5, 5.41) is 54.1. The lowest BCUT2D eigenvalue weighted by molar-refractivity contribution is -0.247. The second-order valence-electron chi connectivity index (χ2n) is 9.95. The summed E-state index contributed by atoms with van der Waals surface area (Å²) in [6.07, 6.45) is -4.68. The Kier molecular flexibility index (Phi) is 7.06. The van der Waals surface area contributed by atoms with E-state index in [-0.39, 0.29) is 47.5 Å². The normalized spacial score (nSPS) is 30.1. The third-order valence-corrected chi connectivity index (χ3v) is 7.59. The van der Waals surface area contributed by atoms with E-state index in [1.165, 1.54) is 18.2 Å². The standard InChI is InChI=1S/C26H27NO10.ClH/c1-9-21(30)13(27)6-16(36-9)37-15-8-26(35,10(2)28)7-12-18(15)25(34)20-19(23(12)32)22(31)11-4-3-5-14(29)17(11)24(20)33;/h3-5,9,13,15-16,21,29-30,32,34-35H,6-8,27H2,1-2H3;1H/t9?,13?,15-,16?,21?,26-;/m0./s1. The van der Waals surface area contributed by atoms with Gasteiger partial charge in [-0.2, -0.15) is 0 Å². The minimum atomic E-state index is -2.02. The van der Waals surface area contributed by atoms with Crippen LogP contribution in [0, 0.1) is 0 Å². The van der Waals surface area contributed by atoms with Gasteiger partial charge in [-0.15, -0.1) is 12.4 Å². The molecule has 7 N–H and O–H groups in total. The smallest absolute Gasteiger partial charge is 0.202 e. The molecule has 0 amide bonds. The Morgan fingerprint density at radius 3 is 2.39 bits per heavy atom. The van der Waals surface area contributed by atoms with Gasteiger partial charge in [-0.05, 0) is 19.9 Å². The first kappa shape index (κ1) is 28.0. The summed E-state index contributed by atoms with van der Waals surface area (Å²) in [5.41, 5.74) is 2.29. The van der Waals surface area contributed by atoms with Gasteiger partial charge in [0.15, 0.2) is 17.9 Å². The fourth-order valence-electron chi connectivity index (χ4n) is 5.50. The SMILES string of the molecule is CC(=O)[C@]1(O)Cc2c(O)c3c(c(O)c2[C@@H](OC2CC(N)C(O)C(C)O2)C1)C(=O)c1c(O)cccc1C3=O.Cl. The summed E-state index contributed by atoms with van der Waals surface area (Å²) in [6, 6.07) is 3.20. The first-order valence-electron chi connectivity index (χ1n) is 11.9. The fraction of sp³-hybridized carbons (Fsp3) is 0.423. The molecule has 2 aliphatic carbocycles. The summed E-state index contributed by atoms with van der Waals surface area (Å²) in [5.74, 6) is -4.13. The van der Waals surface area contributed by atoms with E-state index in [0.29, 0.717) is 0 Å². The zero-order valence-electron chi connectivity index (χ0n) is 20.5. The Balaban J connectivity index is 0.00000336. The van der Waals surface area contributed by atoms with Crippen LogP contribution in [0.2, 0.25) is 0 Å². The van der Waals surface area contributed by atoms with Gasteiger partial charge in [-0.25, -0.2) is 0 Å². The maximum absolute atomic E-state index is 13.4. The Morgan fingerprint density at radius 1 is 1.11 bits per heavy atom. The summed E-state index contributed by atoms with van der Waals surface area (Å²) in [6.45, 7) is 2.76. The molecule has 0 bridgehead atoms. The number of aliphatic hydroxyl groups excluding tert-OH is 1. The molecular formula is C26H28ClNO10. The quantitative estimate of drug-likeness (QED) is 0.256. The molecule has 5 rings (SSSR count). The zero-order chi connectivity index (χ0) is 27.0. The molecule has 2 aromatic rings. The third-order valence-electron chi connectivity index (χ3n) is 7.59. The molecule has 0 aromatic heterocycles. The molecule has 1 saturated heterocycles. The van der Waals surface area contributed by atoms with Crippen LogP contribution in [-0.2, 0) is 20.7 Å². The summed E-state index contributed by atoms with van der Waals surface area (Å²) in [7, 11) is 0. The number of rotatable bonds is 3. The van der Waals surface area contributed by atoms with Crippen LogP contribution in [-0.4, -0.2) is 73.0 Å². The number of nitrogens with two attached hydrogens (primary N) is 1. The van der Waals surface area contributed by atoms with Crippen molar-refractivity contribution in [2.75, 3.05) is 0 Å². The van der Waals surface area contributed by atoms with Gasteiger partial charge in [0.2, 0.25) is 5.78 Å². The van der Waals surface area contributed by atoms with Crippen LogP contribution in [0.15, 0.2) is 18.2 Å². The van der Waals surface area contributed by atoms with Crippen LogP contribution in [0.5, 0.6) is 17.2 Å². The highest BCUT2D eigenvalue weighted by Crippen LogP contribution is 2.52. The molecule has 1 fully saturated rings. The number of hydrogen-bond acceptors (Lipinski definition) is 11. The predicted molar refractivity (Wildman–Crippen MR) is 133 cm³/mol. The van der Waals surface area contributed by atoms with E-state index < -0.39 is 88.4 Å². The molecule has 2 aromatic carbocycles. The second-order valence-corrected chi connectivity index (χ2v) is 9.95. The van der Waals surface area contributed by atoms with E-state index in [1.54, 1.807) is 6.92 Å². The molecule has 1 aliphatic heterocycles. The summed E-state index contributed by atoms with van der Waals surface area (Å²) < 4.78 is 11.7. The van der Waals surface area contributed by atoms with Crippen LogP contribution in [0.4, 0.5) is 0 Å². The maximum atomic E-state index is 13.4. The largest absolute Gasteiger partial charge is 0.507 e. The van der Waals surface area contributed by atoms with Gasteiger partial charge < -0.3 is 40.7 Å². The molecule has 204 valence electrons. The monoisotopic (exact) mass is 549 g/mol. The molecule has 1 heterocycles. The van der Waals surface area contributed by atoms with Crippen molar-refractivity contribution < 1.29 is 49.4 Å². The van der Waals surface area contributed by atoms with Gasteiger partial charge in [-0.3, -0.25) is 14.4 Å². The minimum absolute atomic E-state index is 0. The van der Waals surface area contributed by atoms with Gasteiger partial charge in [-0.1, -0.05) is 12.1 Å². The van der Waals surface area contributed by atoms with Gasteiger partial charge in [0.05, 0.1) is 35.0 Å². The van der Waals surface area contributed by atoms with Crippen molar-refractivity contribution in [2.24, 2.45) is 5.73 Å². The lowest BCUT2D eigenvalue weighted by Gasteiger charge is -2.42. The number of phenolic OH excluding ortho intramolecular Hbond substituents is 3. The average molecular weight is 550 g/mol. The van der Waals surface area contributed by atoms with Crippen LogP contribution >= 0.6 is 12.4 Å². The molecule has 11 nitrogen and oxygen atoms in total. The van der Waals surface area contributed by atoms with Crippen LogP contribution in [0.3, 0.4) is 0 Å². The van der Waals surface area contributed by atoms with E-state index in [0.717, 1.165) is 6.92 Å².